The second-order valence-corrected chi connectivity index (χ2v) is 7.20. The molecule has 0 saturated heterocycles. The number of carbonyl (C=O) groups is 1. The molecular formula is C20H21N5O. The predicted octanol–water partition coefficient (Wildman–Crippen LogP) is 3.59. The van der Waals surface area contributed by atoms with E-state index in [-0.39, 0.29) is 5.91 Å². The van der Waals surface area contributed by atoms with E-state index in [1.807, 2.05) is 73.1 Å². The van der Waals surface area contributed by atoms with Crippen molar-refractivity contribution < 1.29 is 4.79 Å². The van der Waals surface area contributed by atoms with Crippen molar-refractivity contribution in [1.29, 1.82) is 0 Å². The van der Waals surface area contributed by atoms with E-state index in [1.54, 1.807) is 0 Å². The molecule has 6 heteroatoms. The number of tetrazole rings is 1. The van der Waals surface area contributed by atoms with E-state index >= 15 is 0 Å². The summed E-state index contributed by atoms with van der Waals surface area (Å²) in [5.74, 6) is 0.688. The molecule has 0 aliphatic heterocycles. The normalized spacial score (nSPS) is 14.2. The van der Waals surface area contributed by atoms with Crippen molar-refractivity contribution in [3.63, 3.8) is 0 Å². The Labute approximate surface area is 152 Å². The van der Waals surface area contributed by atoms with Crippen molar-refractivity contribution >= 4 is 11.6 Å². The summed E-state index contributed by atoms with van der Waals surface area (Å²) in [5.41, 5.74) is 1.98. The molecule has 1 heterocycles. The third-order valence-corrected chi connectivity index (χ3v) is 4.83. The van der Waals surface area contributed by atoms with Gasteiger partial charge in [0.25, 0.3) is 0 Å². The molecule has 1 fully saturated rings. The lowest BCUT2D eigenvalue weighted by molar-refractivity contribution is -0.120. The zero-order chi connectivity index (χ0) is 18.1. The maximum atomic E-state index is 12.9. The van der Waals surface area contributed by atoms with Crippen LogP contribution in [0.3, 0.4) is 0 Å². The average Bonchev–Trinajstić information content (AvgIpc) is 3.39. The lowest BCUT2D eigenvalue weighted by Gasteiger charge is -2.24. The molecule has 2 aromatic carbocycles. The minimum Gasteiger partial charge on any atom is -0.325 e. The first-order chi connectivity index (χ1) is 12.6. The summed E-state index contributed by atoms with van der Waals surface area (Å²) in [4.78, 5) is 12.9. The highest BCUT2D eigenvalue weighted by Gasteiger charge is 2.30. The monoisotopic (exact) mass is 347 g/mol. The van der Waals surface area contributed by atoms with E-state index in [9.17, 15) is 4.79 Å². The molecule has 0 radical (unpaired) electrons. The summed E-state index contributed by atoms with van der Waals surface area (Å²) in [7, 11) is 0. The van der Waals surface area contributed by atoms with E-state index in [4.69, 9.17) is 0 Å². The fourth-order valence-electron chi connectivity index (χ4n) is 2.96. The highest BCUT2D eigenvalue weighted by molar-refractivity contribution is 5.98. The van der Waals surface area contributed by atoms with Crippen LogP contribution in [-0.4, -0.2) is 26.1 Å². The average molecular weight is 347 g/mol. The van der Waals surface area contributed by atoms with Gasteiger partial charge in [0.2, 0.25) is 5.91 Å². The molecule has 1 saturated carbocycles. The quantitative estimate of drug-likeness (QED) is 0.765. The topological polar surface area (TPSA) is 72.7 Å². The molecule has 0 unspecified atom stereocenters. The Kier molecular flexibility index (Phi) is 4.03. The van der Waals surface area contributed by atoms with Gasteiger partial charge in [-0.2, -0.15) is 0 Å². The maximum absolute atomic E-state index is 12.9. The van der Waals surface area contributed by atoms with Crippen LogP contribution in [0.5, 0.6) is 0 Å². The number of carbonyl (C=O) groups excluding carboxylic acids is 1. The molecule has 1 amide bonds. The van der Waals surface area contributed by atoms with Gasteiger partial charge in [-0.05, 0) is 54.8 Å². The first-order valence-electron chi connectivity index (χ1n) is 8.81. The first kappa shape index (κ1) is 16.4. The van der Waals surface area contributed by atoms with Gasteiger partial charge in [0.1, 0.15) is 0 Å². The van der Waals surface area contributed by atoms with E-state index in [2.05, 4.69) is 20.8 Å². The smallest absolute Gasteiger partial charge is 0.234 e. The van der Waals surface area contributed by atoms with Gasteiger partial charge in [0, 0.05) is 11.3 Å². The molecular weight excluding hydrogens is 326 g/mol. The summed E-state index contributed by atoms with van der Waals surface area (Å²) in [6.07, 6.45) is 2.22. The van der Waals surface area contributed by atoms with Crippen molar-refractivity contribution in [2.45, 2.75) is 38.1 Å². The Hall–Kier alpha value is -3.02. The number of hydrogen-bond donors (Lipinski definition) is 1. The highest BCUT2D eigenvalue weighted by atomic mass is 16.2. The largest absolute Gasteiger partial charge is 0.325 e. The number of rotatable bonds is 5. The van der Waals surface area contributed by atoms with E-state index in [1.165, 1.54) is 0 Å². The number of benzene rings is 2. The third kappa shape index (κ3) is 3.10. The Morgan fingerprint density at radius 1 is 1.12 bits per heavy atom. The fraction of sp³-hybridized carbons (Fsp3) is 0.300. The Bertz CT molecular complexity index is 928. The van der Waals surface area contributed by atoms with Gasteiger partial charge in [-0.3, -0.25) is 4.79 Å². The van der Waals surface area contributed by atoms with Crippen LogP contribution in [0, 0.1) is 0 Å². The third-order valence-electron chi connectivity index (χ3n) is 4.83. The second-order valence-electron chi connectivity index (χ2n) is 7.20. The second kappa shape index (κ2) is 6.37. The number of nitrogens with one attached hydrogen (secondary N) is 1. The molecule has 1 aromatic heterocycles. The van der Waals surface area contributed by atoms with Crippen molar-refractivity contribution in [2.24, 2.45) is 0 Å². The number of aromatic nitrogens is 4. The zero-order valence-electron chi connectivity index (χ0n) is 14.9. The summed E-state index contributed by atoms with van der Waals surface area (Å²) in [5, 5.41) is 15.1. The maximum Gasteiger partial charge on any atom is 0.234 e. The molecule has 3 aromatic rings. The lowest BCUT2D eigenvalue weighted by atomic mass is 9.83. The lowest BCUT2D eigenvalue weighted by Crippen LogP contribution is -2.34. The van der Waals surface area contributed by atoms with E-state index in [0.717, 1.165) is 35.5 Å². The highest BCUT2D eigenvalue weighted by Crippen LogP contribution is 2.37. The van der Waals surface area contributed by atoms with Gasteiger partial charge in [-0.1, -0.05) is 42.5 Å². The molecule has 1 aliphatic rings. The van der Waals surface area contributed by atoms with Crippen LogP contribution < -0.4 is 5.32 Å². The van der Waals surface area contributed by atoms with Gasteiger partial charge < -0.3 is 5.32 Å². The van der Waals surface area contributed by atoms with Crippen LogP contribution in [0.1, 0.15) is 38.3 Å². The molecule has 0 bridgehead atoms. The summed E-state index contributed by atoms with van der Waals surface area (Å²) < 4.78 is 1.87. The molecule has 6 nitrogen and oxygen atoms in total. The van der Waals surface area contributed by atoms with Crippen molar-refractivity contribution in [3.05, 3.63) is 60.2 Å². The van der Waals surface area contributed by atoms with Crippen LogP contribution >= 0.6 is 0 Å². The van der Waals surface area contributed by atoms with Crippen LogP contribution in [-0.2, 0) is 10.2 Å². The standard InChI is InChI=1S/C20H21N5O/c1-20(2,15-8-4-3-5-9-15)19(26)21-16-10-6-7-14(13-16)18-22-23-24-25(18)17-11-12-17/h3-10,13,17H,11-12H2,1-2H3,(H,21,26). The molecule has 1 N–H and O–H groups in total. The fourth-order valence-corrected chi connectivity index (χ4v) is 2.96. The molecule has 0 atom stereocenters. The molecule has 26 heavy (non-hydrogen) atoms. The van der Waals surface area contributed by atoms with Gasteiger partial charge in [-0.25, -0.2) is 4.68 Å². The molecule has 1 aliphatic carbocycles. The van der Waals surface area contributed by atoms with Crippen LogP contribution in [0.15, 0.2) is 54.6 Å². The van der Waals surface area contributed by atoms with E-state index < -0.39 is 5.41 Å². The number of anilines is 1. The van der Waals surface area contributed by atoms with Crippen molar-refractivity contribution in [3.8, 4) is 11.4 Å². The minimum atomic E-state index is -0.632. The van der Waals surface area contributed by atoms with Crippen molar-refractivity contribution in [1.82, 2.24) is 20.2 Å². The molecule has 4 rings (SSSR count). The van der Waals surface area contributed by atoms with E-state index in [0.29, 0.717) is 6.04 Å². The van der Waals surface area contributed by atoms with Gasteiger partial charge in [-0.15, -0.1) is 5.10 Å². The Morgan fingerprint density at radius 3 is 2.62 bits per heavy atom. The van der Waals surface area contributed by atoms with Crippen LogP contribution in [0.4, 0.5) is 5.69 Å². The number of nitrogens with zero attached hydrogens (tertiary/aromatic N) is 4. The Morgan fingerprint density at radius 2 is 1.88 bits per heavy atom. The predicted molar refractivity (Wildman–Crippen MR) is 99.6 cm³/mol. The SMILES string of the molecule is CC(C)(C(=O)Nc1cccc(-c2nnnn2C2CC2)c1)c1ccccc1. The van der Waals surface area contributed by atoms with Gasteiger partial charge in [0.05, 0.1) is 11.5 Å². The van der Waals surface area contributed by atoms with Crippen molar-refractivity contribution in [2.75, 3.05) is 5.32 Å². The molecule has 132 valence electrons. The summed E-state index contributed by atoms with van der Waals surface area (Å²) in [6.45, 7) is 3.85. The van der Waals surface area contributed by atoms with Crippen LogP contribution in [0.2, 0.25) is 0 Å². The summed E-state index contributed by atoms with van der Waals surface area (Å²) in [6, 6.07) is 17.9. The minimum absolute atomic E-state index is 0.0531. The van der Waals surface area contributed by atoms with Gasteiger partial charge >= 0.3 is 0 Å². The first-order valence-corrected chi connectivity index (χ1v) is 8.81. The van der Waals surface area contributed by atoms with Gasteiger partial charge in [0.15, 0.2) is 5.82 Å². The molecule has 0 spiro atoms. The zero-order valence-corrected chi connectivity index (χ0v) is 14.9. The Balaban J connectivity index is 1.57. The van der Waals surface area contributed by atoms with Crippen LogP contribution in [0.25, 0.3) is 11.4 Å². The summed E-state index contributed by atoms with van der Waals surface area (Å²) >= 11 is 0. The number of amides is 1. The number of hydrogen-bond acceptors (Lipinski definition) is 4.